The average molecular weight is 439 g/mol. The van der Waals surface area contributed by atoms with Crippen LogP contribution in [0.15, 0.2) is 48.5 Å². The van der Waals surface area contributed by atoms with Crippen LogP contribution in [0.25, 0.3) is 11.1 Å². The molecule has 3 N–H and O–H groups in total. The van der Waals surface area contributed by atoms with Crippen LogP contribution in [0.3, 0.4) is 0 Å². The highest BCUT2D eigenvalue weighted by molar-refractivity contribution is 5.89. The Morgan fingerprint density at radius 2 is 1.50 bits per heavy atom. The second-order valence-electron chi connectivity index (χ2n) is 8.98. The fraction of sp³-hybridized carbons (Fsp3) is 0.400. The largest absolute Gasteiger partial charge is 0.480 e. The molecule has 1 atom stereocenters. The number of amides is 2. The van der Waals surface area contributed by atoms with E-state index in [2.05, 4.69) is 22.8 Å². The summed E-state index contributed by atoms with van der Waals surface area (Å²) in [4.78, 5) is 36.5. The van der Waals surface area contributed by atoms with Crippen molar-refractivity contribution < 1.29 is 24.2 Å². The molecular formula is C25H30N2O5. The van der Waals surface area contributed by atoms with Crippen molar-refractivity contribution in [3.05, 3.63) is 59.7 Å². The Hall–Kier alpha value is -3.35. The molecule has 0 saturated carbocycles. The third kappa shape index (κ3) is 4.61. The van der Waals surface area contributed by atoms with E-state index in [1.54, 1.807) is 6.92 Å². The minimum absolute atomic E-state index is 0.0295. The van der Waals surface area contributed by atoms with Crippen LogP contribution in [0.4, 0.5) is 4.79 Å². The van der Waals surface area contributed by atoms with Crippen LogP contribution in [0.2, 0.25) is 0 Å². The highest BCUT2D eigenvalue weighted by Gasteiger charge is 2.38. The Balaban J connectivity index is 1.61. The Bertz CT molecular complexity index is 987. The third-order valence-corrected chi connectivity index (χ3v) is 6.26. The zero-order chi connectivity index (χ0) is 23.5. The van der Waals surface area contributed by atoms with Gasteiger partial charge in [-0.15, -0.1) is 0 Å². The number of carbonyl (C=O) groups excluding carboxylic acids is 2. The fourth-order valence-electron chi connectivity index (χ4n) is 3.77. The van der Waals surface area contributed by atoms with Gasteiger partial charge in [0.2, 0.25) is 5.91 Å². The lowest BCUT2D eigenvalue weighted by molar-refractivity contribution is -0.147. The molecular weight excluding hydrogens is 408 g/mol. The highest BCUT2D eigenvalue weighted by Crippen LogP contribution is 2.44. The fourth-order valence-corrected chi connectivity index (χ4v) is 3.77. The van der Waals surface area contributed by atoms with Crippen molar-refractivity contribution >= 4 is 18.0 Å². The van der Waals surface area contributed by atoms with Crippen LogP contribution in [0.1, 0.15) is 51.2 Å². The molecule has 1 aliphatic rings. The molecule has 0 aromatic heterocycles. The molecule has 2 aromatic rings. The van der Waals surface area contributed by atoms with Crippen LogP contribution < -0.4 is 10.6 Å². The number of benzene rings is 2. The number of aliphatic carboxylic acids is 1. The topological polar surface area (TPSA) is 105 Å². The Labute approximate surface area is 188 Å². The number of carboxylic acid groups (broad SMARTS) is 1. The van der Waals surface area contributed by atoms with E-state index < -0.39 is 28.9 Å². The van der Waals surface area contributed by atoms with Crippen molar-refractivity contribution in [2.45, 2.75) is 45.6 Å². The van der Waals surface area contributed by atoms with Gasteiger partial charge in [-0.3, -0.25) is 4.79 Å². The van der Waals surface area contributed by atoms with Crippen LogP contribution in [0.5, 0.6) is 0 Å². The van der Waals surface area contributed by atoms with E-state index in [0.717, 1.165) is 22.3 Å². The van der Waals surface area contributed by atoms with E-state index in [0.29, 0.717) is 6.42 Å². The predicted octanol–water partition coefficient (Wildman–Crippen LogP) is 3.92. The Morgan fingerprint density at radius 1 is 0.969 bits per heavy atom. The normalized spacial score (nSPS) is 14.6. The van der Waals surface area contributed by atoms with E-state index in [1.807, 2.05) is 43.3 Å². The summed E-state index contributed by atoms with van der Waals surface area (Å²) in [6, 6.07) is 16.2. The summed E-state index contributed by atoms with van der Waals surface area (Å²) in [5.74, 6) is -1.62. The van der Waals surface area contributed by atoms with Crippen molar-refractivity contribution in [3.8, 4) is 11.1 Å². The van der Waals surface area contributed by atoms with Crippen LogP contribution in [0, 0.1) is 5.41 Å². The molecule has 7 heteroatoms. The molecule has 2 aromatic carbocycles. The summed E-state index contributed by atoms with van der Waals surface area (Å²) in [6.07, 6.45) is -0.199. The molecule has 3 rings (SSSR count). The molecule has 0 spiro atoms. The maximum atomic E-state index is 12.7. The maximum Gasteiger partial charge on any atom is 0.407 e. The number of ether oxygens (including phenoxy) is 1. The standard InChI is InChI=1S/C25H30N2O5/c1-5-25(4,21(28)27-24(2,3)22(29)30)15-26-23(31)32-14-20-18-12-8-6-10-16(18)17-11-7-9-13-19(17)20/h6-13,20H,5,14-15H2,1-4H3,(H,26,31)(H,27,28)(H,29,30). The van der Waals surface area contributed by atoms with Gasteiger partial charge in [-0.1, -0.05) is 55.5 Å². The molecule has 2 amide bonds. The summed E-state index contributed by atoms with van der Waals surface area (Å²) in [5.41, 5.74) is 2.15. The van der Waals surface area contributed by atoms with E-state index in [4.69, 9.17) is 4.74 Å². The summed E-state index contributed by atoms with van der Waals surface area (Å²) < 4.78 is 5.52. The number of nitrogens with one attached hydrogen (secondary N) is 2. The first kappa shape index (κ1) is 23.3. The Morgan fingerprint density at radius 3 is 2.00 bits per heavy atom. The molecule has 7 nitrogen and oxygen atoms in total. The number of hydrogen-bond donors (Lipinski definition) is 3. The second kappa shape index (κ2) is 9.02. The molecule has 0 fully saturated rings. The number of rotatable bonds is 8. The first-order valence-corrected chi connectivity index (χ1v) is 10.7. The van der Waals surface area contributed by atoms with E-state index in [-0.39, 0.29) is 19.1 Å². The zero-order valence-corrected chi connectivity index (χ0v) is 18.9. The number of hydrogen-bond acceptors (Lipinski definition) is 4. The summed E-state index contributed by atoms with van der Waals surface area (Å²) in [5, 5.41) is 14.5. The van der Waals surface area contributed by atoms with Gasteiger partial charge in [0, 0.05) is 12.5 Å². The lowest BCUT2D eigenvalue weighted by Crippen LogP contribution is -2.56. The molecule has 0 aliphatic heterocycles. The van der Waals surface area contributed by atoms with Crippen molar-refractivity contribution in [2.75, 3.05) is 13.2 Å². The van der Waals surface area contributed by atoms with Gasteiger partial charge in [-0.2, -0.15) is 0 Å². The smallest absolute Gasteiger partial charge is 0.407 e. The first-order valence-electron chi connectivity index (χ1n) is 10.7. The van der Waals surface area contributed by atoms with Crippen molar-refractivity contribution in [3.63, 3.8) is 0 Å². The second-order valence-corrected chi connectivity index (χ2v) is 8.98. The van der Waals surface area contributed by atoms with Crippen LogP contribution in [-0.4, -0.2) is 41.8 Å². The van der Waals surface area contributed by atoms with Crippen molar-refractivity contribution in [2.24, 2.45) is 5.41 Å². The number of fused-ring (bicyclic) bond motifs is 3. The van der Waals surface area contributed by atoms with Gasteiger partial charge in [0.25, 0.3) is 0 Å². The van der Waals surface area contributed by atoms with Crippen molar-refractivity contribution in [1.82, 2.24) is 10.6 Å². The van der Waals surface area contributed by atoms with E-state index in [9.17, 15) is 19.5 Å². The zero-order valence-electron chi connectivity index (χ0n) is 18.9. The predicted molar refractivity (Wildman–Crippen MR) is 121 cm³/mol. The monoisotopic (exact) mass is 438 g/mol. The van der Waals surface area contributed by atoms with Gasteiger partial charge in [-0.05, 0) is 49.4 Å². The van der Waals surface area contributed by atoms with E-state index >= 15 is 0 Å². The molecule has 32 heavy (non-hydrogen) atoms. The average Bonchev–Trinajstić information content (AvgIpc) is 3.09. The van der Waals surface area contributed by atoms with Gasteiger partial charge in [0.1, 0.15) is 12.1 Å². The van der Waals surface area contributed by atoms with E-state index in [1.165, 1.54) is 13.8 Å². The van der Waals surface area contributed by atoms with Gasteiger partial charge in [-0.25, -0.2) is 9.59 Å². The quantitative estimate of drug-likeness (QED) is 0.579. The van der Waals surface area contributed by atoms with Crippen molar-refractivity contribution in [1.29, 1.82) is 0 Å². The molecule has 0 radical (unpaired) electrons. The van der Waals surface area contributed by atoms with Gasteiger partial charge in [0.05, 0.1) is 5.41 Å². The molecule has 1 unspecified atom stereocenters. The highest BCUT2D eigenvalue weighted by atomic mass is 16.5. The summed E-state index contributed by atoms with van der Waals surface area (Å²) in [7, 11) is 0. The minimum Gasteiger partial charge on any atom is -0.480 e. The first-order chi connectivity index (χ1) is 15.1. The lowest BCUT2D eigenvalue weighted by Gasteiger charge is -2.31. The molecule has 0 saturated heterocycles. The number of carboxylic acids is 1. The number of carbonyl (C=O) groups is 3. The SMILES string of the molecule is CCC(C)(CNC(=O)OCC1c2ccccc2-c2ccccc21)C(=O)NC(C)(C)C(=O)O. The Kier molecular flexibility index (Phi) is 6.57. The number of alkyl carbamates (subject to hydrolysis) is 1. The molecule has 1 aliphatic carbocycles. The van der Waals surface area contributed by atoms with Gasteiger partial charge < -0.3 is 20.5 Å². The van der Waals surface area contributed by atoms with Crippen LogP contribution in [-0.2, 0) is 14.3 Å². The third-order valence-electron chi connectivity index (χ3n) is 6.26. The molecule has 170 valence electrons. The molecule has 0 heterocycles. The molecule has 0 bridgehead atoms. The van der Waals surface area contributed by atoms with Crippen LogP contribution >= 0.6 is 0 Å². The lowest BCUT2D eigenvalue weighted by atomic mass is 9.85. The minimum atomic E-state index is -1.41. The summed E-state index contributed by atoms with van der Waals surface area (Å²) >= 11 is 0. The van der Waals surface area contributed by atoms with Gasteiger partial charge >= 0.3 is 12.1 Å². The maximum absolute atomic E-state index is 12.7. The summed E-state index contributed by atoms with van der Waals surface area (Å²) in [6.45, 7) is 6.55. The van der Waals surface area contributed by atoms with Gasteiger partial charge in [0.15, 0.2) is 0 Å².